The van der Waals surface area contributed by atoms with E-state index in [-0.39, 0.29) is 24.0 Å². The summed E-state index contributed by atoms with van der Waals surface area (Å²) in [5.41, 5.74) is 1.05. The summed E-state index contributed by atoms with van der Waals surface area (Å²) in [6, 6.07) is 2.65. The number of halogens is 1. The van der Waals surface area contributed by atoms with Crippen molar-refractivity contribution >= 4 is 29.9 Å². The van der Waals surface area contributed by atoms with Crippen molar-refractivity contribution in [3.63, 3.8) is 0 Å². The molecule has 1 aromatic heterocycles. The summed E-state index contributed by atoms with van der Waals surface area (Å²) in [7, 11) is 3.93. The molecule has 0 radical (unpaired) electrons. The van der Waals surface area contributed by atoms with E-state index in [1.54, 1.807) is 7.05 Å². The van der Waals surface area contributed by atoms with Gasteiger partial charge in [0.2, 0.25) is 0 Å². The van der Waals surface area contributed by atoms with Gasteiger partial charge < -0.3 is 20.1 Å². The third-order valence-corrected chi connectivity index (χ3v) is 4.73. The Morgan fingerprint density at radius 3 is 2.48 bits per heavy atom. The highest BCUT2D eigenvalue weighted by molar-refractivity contribution is 14.0. The van der Waals surface area contributed by atoms with Crippen molar-refractivity contribution in [2.45, 2.75) is 65.5 Å². The Bertz CT molecular complexity index is 488. The first-order valence-electron chi connectivity index (χ1n) is 9.15. The van der Waals surface area contributed by atoms with Crippen LogP contribution in [0.1, 0.15) is 64.3 Å². The van der Waals surface area contributed by atoms with Crippen LogP contribution in [0.5, 0.6) is 0 Å². The maximum atomic E-state index is 5.43. The average Bonchev–Trinajstić information content (AvgIpc) is 3.06. The molecule has 6 nitrogen and oxygen atoms in total. The second kappa shape index (κ2) is 13.4. The molecule has 0 aliphatic carbocycles. The standard InChI is InChI=1S/C18H35N5O.HI/c1-7-14(4)23(6)11-10-20-18(19-5)21-13-16-12-17(22-24-16)15(8-2)9-3;/h12,14-15H,7-11,13H2,1-6H3,(H2,19,20,21);1H. The number of aromatic nitrogens is 1. The summed E-state index contributed by atoms with van der Waals surface area (Å²) in [5, 5.41) is 10.8. The van der Waals surface area contributed by atoms with Gasteiger partial charge in [0.15, 0.2) is 11.7 Å². The van der Waals surface area contributed by atoms with E-state index in [9.17, 15) is 0 Å². The second-order valence-corrected chi connectivity index (χ2v) is 6.32. The van der Waals surface area contributed by atoms with Gasteiger partial charge in [-0.3, -0.25) is 4.99 Å². The molecule has 1 aromatic rings. The first kappa shape index (κ1) is 24.2. The van der Waals surface area contributed by atoms with E-state index in [4.69, 9.17) is 4.52 Å². The quantitative estimate of drug-likeness (QED) is 0.314. The molecule has 25 heavy (non-hydrogen) atoms. The van der Waals surface area contributed by atoms with E-state index in [0.29, 0.717) is 18.5 Å². The summed E-state index contributed by atoms with van der Waals surface area (Å²) in [5.74, 6) is 2.11. The Balaban J connectivity index is 0.00000576. The molecular weight excluding hydrogens is 429 g/mol. The molecule has 0 aliphatic heterocycles. The molecule has 0 fully saturated rings. The molecule has 0 spiro atoms. The molecule has 1 rings (SSSR count). The fourth-order valence-electron chi connectivity index (χ4n) is 2.59. The number of likely N-dealkylation sites (N-methyl/N-ethyl adjacent to an activating group) is 1. The van der Waals surface area contributed by atoms with Crippen LogP contribution < -0.4 is 10.6 Å². The fourth-order valence-corrected chi connectivity index (χ4v) is 2.59. The van der Waals surface area contributed by atoms with Gasteiger partial charge in [-0.2, -0.15) is 0 Å². The van der Waals surface area contributed by atoms with Crippen LogP contribution in [-0.2, 0) is 6.54 Å². The van der Waals surface area contributed by atoms with Gasteiger partial charge >= 0.3 is 0 Å². The van der Waals surface area contributed by atoms with Gasteiger partial charge in [-0.05, 0) is 33.2 Å². The summed E-state index contributed by atoms with van der Waals surface area (Å²) in [6.45, 7) is 11.3. The van der Waals surface area contributed by atoms with Crippen LogP contribution in [-0.4, -0.2) is 49.2 Å². The lowest BCUT2D eigenvalue weighted by atomic mass is 9.99. The number of hydrogen-bond acceptors (Lipinski definition) is 4. The smallest absolute Gasteiger partial charge is 0.191 e. The maximum absolute atomic E-state index is 5.43. The molecule has 146 valence electrons. The lowest BCUT2D eigenvalue weighted by Gasteiger charge is -2.23. The van der Waals surface area contributed by atoms with Crippen LogP contribution in [0.25, 0.3) is 0 Å². The van der Waals surface area contributed by atoms with Gasteiger partial charge in [-0.25, -0.2) is 0 Å². The average molecular weight is 465 g/mol. The highest BCUT2D eigenvalue weighted by Crippen LogP contribution is 2.22. The van der Waals surface area contributed by atoms with Crippen LogP contribution in [0.2, 0.25) is 0 Å². The number of nitrogens with one attached hydrogen (secondary N) is 2. The van der Waals surface area contributed by atoms with Crippen LogP contribution >= 0.6 is 24.0 Å². The fraction of sp³-hybridized carbons (Fsp3) is 0.778. The van der Waals surface area contributed by atoms with Crippen molar-refractivity contribution in [1.82, 2.24) is 20.7 Å². The van der Waals surface area contributed by atoms with E-state index in [0.717, 1.165) is 49.8 Å². The lowest BCUT2D eigenvalue weighted by molar-refractivity contribution is 0.255. The molecule has 7 heteroatoms. The molecule has 2 N–H and O–H groups in total. The Morgan fingerprint density at radius 1 is 1.24 bits per heavy atom. The minimum absolute atomic E-state index is 0. The number of nitrogens with zero attached hydrogens (tertiary/aromatic N) is 3. The molecule has 1 heterocycles. The van der Waals surface area contributed by atoms with Gasteiger partial charge in [0.05, 0.1) is 12.2 Å². The lowest BCUT2D eigenvalue weighted by Crippen LogP contribution is -2.42. The van der Waals surface area contributed by atoms with E-state index in [1.165, 1.54) is 0 Å². The summed E-state index contributed by atoms with van der Waals surface area (Å²) in [6.07, 6.45) is 3.33. The van der Waals surface area contributed by atoms with Crippen molar-refractivity contribution < 1.29 is 4.52 Å². The van der Waals surface area contributed by atoms with Crippen molar-refractivity contribution in [2.75, 3.05) is 27.2 Å². The first-order chi connectivity index (χ1) is 11.5. The molecule has 0 bridgehead atoms. The molecule has 0 saturated heterocycles. The molecule has 0 aromatic carbocycles. The van der Waals surface area contributed by atoms with E-state index in [2.05, 4.69) is 66.5 Å². The van der Waals surface area contributed by atoms with Crippen LogP contribution in [0.3, 0.4) is 0 Å². The summed E-state index contributed by atoms with van der Waals surface area (Å²) < 4.78 is 5.43. The first-order valence-corrected chi connectivity index (χ1v) is 9.15. The van der Waals surface area contributed by atoms with Gasteiger partial charge in [0.1, 0.15) is 0 Å². The SMILES string of the molecule is CCC(CC)c1cc(CNC(=NC)NCCN(C)C(C)CC)on1.I. The van der Waals surface area contributed by atoms with Crippen molar-refractivity contribution in [2.24, 2.45) is 4.99 Å². The second-order valence-electron chi connectivity index (χ2n) is 6.32. The minimum Gasteiger partial charge on any atom is -0.359 e. The molecule has 0 amide bonds. The Labute approximate surface area is 170 Å². The highest BCUT2D eigenvalue weighted by Gasteiger charge is 2.13. The van der Waals surface area contributed by atoms with Gasteiger partial charge in [0.25, 0.3) is 0 Å². The highest BCUT2D eigenvalue weighted by atomic mass is 127. The van der Waals surface area contributed by atoms with Crippen molar-refractivity contribution in [3.05, 3.63) is 17.5 Å². The molecule has 1 unspecified atom stereocenters. The largest absolute Gasteiger partial charge is 0.359 e. The van der Waals surface area contributed by atoms with E-state index < -0.39 is 0 Å². The van der Waals surface area contributed by atoms with Crippen molar-refractivity contribution in [3.8, 4) is 0 Å². The van der Waals surface area contributed by atoms with E-state index >= 15 is 0 Å². The van der Waals surface area contributed by atoms with Gasteiger partial charge in [0, 0.05) is 38.2 Å². The molecule has 1 atom stereocenters. The van der Waals surface area contributed by atoms with Crippen LogP contribution in [0.15, 0.2) is 15.6 Å². The maximum Gasteiger partial charge on any atom is 0.191 e. The predicted octanol–water partition coefficient (Wildman–Crippen LogP) is 3.59. The summed E-state index contributed by atoms with van der Waals surface area (Å²) in [4.78, 5) is 6.60. The van der Waals surface area contributed by atoms with Crippen LogP contribution in [0, 0.1) is 0 Å². The zero-order valence-corrected chi connectivity index (χ0v) is 19.0. The number of hydrogen-bond donors (Lipinski definition) is 2. The Kier molecular flexibility index (Phi) is 12.9. The topological polar surface area (TPSA) is 65.7 Å². The van der Waals surface area contributed by atoms with Crippen LogP contribution in [0.4, 0.5) is 0 Å². The Morgan fingerprint density at radius 2 is 1.92 bits per heavy atom. The van der Waals surface area contributed by atoms with Crippen molar-refractivity contribution in [1.29, 1.82) is 0 Å². The number of guanidine groups is 1. The third kappa shape index (κ3) is 8.40. The summed E-state index contributed by atoms with van der Waals surface area (Å²) >= 11 is 0. The van der Waals surface area contributed by atoms with E-state index in [1.807, 2.05) is 0 Å². The third-order valence-electron chi connectivity index (χ3n) is 4.73. The zero-order valence-electron chi connectivity index (χ0n) is 16.6. The van der Waals surface area contributed by atoms with Gasteiger partial charge in [-0.15, -0.1) is 24.0 Å². The minimum atomic E-state index is 0. The zero-order chi connectivity index (χ0) is 17.9. The van der Waals surface area contributed by atoms with Gasteiger partial charge in [-0.1, -0.05) is 25.9 Å². The molecular formula is C18H36IN5O. The number of rotatable bonds is 10. The predicted molar refractivity (Wildman–Crippen MR) is 116 cm³/mol. The normalized spacial score (nSPS) is 13.0. The molecule has 0 aliphatic rings. The number of aliphatic imine (C=N–C) groups is 1. The molecule has 0 saturated carbocycles. The Hall–Kier alpha value is -0.830. The monoisotopic (exact) mass is 465 g/mol.